The Bertz CT molecular complexity index is 668. The second kappa shape index (κ2) is 6.57. The Balaban J connectivity index is 2.41. The van der Waals surface area contributed by atoms with Crippen molar-refractivity contribution >= 4 is 5.97 Å². The number of methoxy groups -OCH3 is 2. The lowest BCUT2D eigenvalue weighted by molar-refractivity contribution is 0.0601. The van der Waals surface area contributed by atoms with Crippen LogP contribution < -0.4 is 4.74 Å². The number of carbonyl (C=O) groups is 1. The Labute approximate surface area is 122 Å². The van der Waals surface area contributed by atoms with Crippen LogP contribution in [0.2, 0.25) is 0 Å². The molecule has 0 unspecified atom stereocenters. The van der Waals surface area contributed by atoms with Gasteiger partial charge in [-0.2, -0.15) is 10.4 Å². The largest absolute Gasteiger partial charge is 0.497 e. The van der Waals surface area contributed by atoms with Crippen molar-refractivity contribution < 1.29 is 14.3 Å². The minimum atomic E-state index is -0.455. The molecule has 108 valence electrons. The van der Waals surface area contributed by atoms with Crippen molar-refractivity contribution in [1.29, 1.82) is 5.26 Å². The first kappa shape index (κ1) is 14.6. The number of aromatic nitrogens is 2. The molecular formula is C15H15N3O3. The molecule has 0 fully saturated rings. The monoisotopic (exact) mass is 285 g/mol. The van der Waals surface area contributed by atoms with Crippen LogP contribution >= 0.6 is 0 Å². The van der Waals surface area contributed by atoms with Crippen molar-refractivity contribution in [3.05, 3.63) is 36.0 Å². The molecule has 2 rings (SSSR count). The van der Waals surface area contributed by atoms with Crippen molar-refractivity contribution in [3.63, 3.8) is 0 Å². The first-order valence-electron chi connectivity index (χ1n) is 6.36. The molecule has 0 atom stereocenters. The highest BCUT2D eigenvalue weighted by atomic mass is 16.5. The first-order chi connectivity index (χ1) is 10.2. The molecule has 1 aromatic heterocycles. The number of aryl methyl sites for hydroxylation is 1. The normalized spacial score (nSPS) is 9.95. The van der Waals surface area contributed by atoms with Crippen LogP contribution in [0.3, 0.4) is 0 Å². The zero-order valence-electron chi connectivity index (χ0n) is 11.9. The number of hydrogen-bond donors (Lipinski definition) is 0. The van der Waals surface area contributed by atoms with Gasteiger partial charge in [-0.3, -0.25) is 4.68 Å². The summed E-state index contributed by atoms with van der Waals surface area (Å²) in [6, 6.07) is 9.29. The quantitative estimate of drug-likeness (QED) is 0.787. The molecule has 0 aliphatic heterocycles. The third kappa shape index (κ3) is 3.20. The highest BCUT2D eigenvalue weighted by Crippen LogP contribution is 2.25. The van der Waals surface area contributed by atoms with E-state index in [2.05, 4.69) is 5.10 Å². The number of nitriles is 1. The molecular weight excluding hydrogens is 270 g/mol. The Morgan fingerprint density at radius 3 is 2.62 bits per heavy atom. The fourth-order valence-corrected chi connectivity index (χ4v) is 1.92. The minimum absolute atomic E-state index is 0.324. The Morgan fingerprint density at radius 2 is 2.05 bits per heavy atom. The van der Waals surface area contributed by atoms with Crippen molar-refractivity contribution in [3.8, 4) is 23.1 Å². The van der Waals surface area contributed by atoms with Gasteiger partial charge in [-0.15, -0.1) is 0 Å². The average molecular weight is 285 g/mol. The Kier molecular flexibility index (Phi) is 4.57. The summed E-state index contributed by atoms with van der Waals surface area (Å²) >= 11 is 0. The number of ether oxygens (including phenoxy) is 2. The second-order valence-corrected chi connectivity index (χ2v) is 4.28. The number of nitrogens with zero attached hydrogens (tertiary/aromatic N) is 3. The summed E-state index contributed by atoms with van der Waals surface area (Å²) in [6.45, 7) is 0.427. The van der Waals surface area contributed by atoms with E-state index in [1.807, 2.05) is 18.2 Å². The molecule has 0 saturated carbocycles. The standard InChI is InChI=1S/C15H15N3O3/c1-20-12-6-4-11(5-7-12)14-13(15(19)21-2)10-18(17-14)9-3-8-16/h4-7,10H,3,9H2,1-2H3. The summed E-state index contributed by atoms with van der Waals surface area (Å²) in [5.74, 6) is 0.270. The SMILES string of the molecule is COC(=O)c1cn(CCC#N)nc1-c1ccc(OC)cc1. The smallest absolute Gasteiger partial charge is 0.341 e. The lowest BCUT2D eigenvalue weighted by Crippen LogP contribution is -2.01. The summed E-state index contributed by atoms with van der Waals surface area (Å²) < 4.78 is 11.5. The predicted octanol–water partition coefficient (Wildman–Crippen LogP) is 2.26. The van der Waals surface area contributed by atoms with Gasteiger partial charge >= 0.3 is 5.97 Å². The third-order valence-electron chi connectivity index (χ3n) is 2.98. The molecule has 0 radical (unpaired) electrons. The van der Waals surface area contributed by atoms with E-state index in [1.54, 1.807) is 30.1 Å². The third-order valence-corrected chi connectivity index (χ3v) is 2.98. The maximum atomic E-state index is 11.9. The number of rotatable bonds is 5. The van der Waals surface area contributed by atoms with Gasteiger partial charge in [0.15, 0.2) is 0 Å². The molecule has 6 nitrogen and oxygen atoms in total. The predicted molar refractivity (Wildman–Crippen MR) is 75.8 cm³/mol. The molecule has 21 heavy (non-hydrogen) atoms. The van der Waals surface area contributed by atoms with Gasteiger partial charge in [-0.05, 0) is 24.3 Å². The van der Waals surface area contributed by atoms with Crippen LogP contribution in [0.25, 0.3) is 11.3 Å². The summed E-state index contributed by atoms with van der Waals surface area (Å²) in [6.07, 6.45) is 1.92. The van der Waals surface area contributed by atoms with Gasteiger partial charge in [0.1, 0.15) is 17.0 Å². The zero-order chi connectivity index (χ0) is 15.2. The summed E-state index contributed by atoms with van der Waals surface area (Å²) in [4.78, 5) is 11.9. The van der Waals surface area contributed by atoms with Crippen LogP contribution in [-0.2, 0) is 11.3 Å². The van der Waals surface area contributed by atoms with E-state index in [9.17, 15) is 4.79 Å². The maximum absolute atomic E-state index is 11.9. The van der Waals surface area contributed by atoms with Gasteiger partial charge in [-0.25, -0.2) is 4.79 Å². The lowest BCUT2D eigenvalue weighted by atomic mass is 10.1. The fraction of sp³-hybridized carbons (Fsp3) is 0.267. The van der Waals surface area contributed by atoms with E-state index in [0.29, 0.717) is 24.2 Å². The highest BCUT2D eigenvalue weighted by molar-refractivity contribution is 5.95. The van der Waals surface area contributed by atoms with Crippen LogP contribution in [0.5, 0.6) is 5.75 Å². The van der Waals surface area contributed by atoms with Crippen LogP contribution in [-0.4, -0.2) is 30.0 Å². The van der Waals surface area contributed by atoms with E-state index in [0.717, 1.165) is 11.3 Å². The zero-order valence-corrected chi connectivity index (χ0v) is 11.9. The molecule has 0 amide bonds. The fourth-order valence-electron chi connectivity index (χ4n) is 1.92. The topological polar surface area (TPSA) is 77.1 Å². The molecule has 0 aliphatic rings. The van der Waals surface area contributed by atoms with E-state index >= 15 is 0 Å². The minimum Gasteiger partial charge on any atom is -0.497 e. The Hall–Kier alpha value is -2.81. The van der Waals surface area contributed by atoms with Crippen molar-refractivity contribution in [1.82, 2.24) is 9.78 Å². The van der Waals surface area contributed by atoms with E-state index in [4.69, 9.17) is 14.7 Å². The van der Waals surface area contributed by atoms with Crippen LogP contribution in [0, 0.1) is 11.3 Å². The van der Waals surface area contributed by atoms with Gasteiger partial charge in [0.2, 0.25) is 0 Å². The van der Waals surface area contributed by atoms with Crippen LogP contribution in [0.15, 0.2) is 30.5 Å². The van der Waals surface area contributed by atoms with Gasteiger partial charge in [0, 0.05) is 11.8 Å². The average Bonchev–Trinajstić information content (AvgIpc) is 2.96. The summed E-state index contributed by atoms with van der Waals surface area (Å²) in [5, 5.41) is 13.0. The van der Waals surface area contributed by atoms with Crippen molar-refractivity contribution in [2.75, 3.05) is 14.2 Å². The lowest BCUT2D eigenvalue weighted by Gasteiger charge is -2.03. The van der Waals surface area contributed by atoms with Gasteiger partial charge in [0.05, 0.1) is 33.3 Å². The maximum Gasteiger partial charge on any atom is 0.341 e. The highest BCUT2D eigenvalue weighted by Gasteiger charge is 2.18. The molecule has 2 aromatic rings. The van der Waals surface area contributed by atoms with E-state index in [1.165, 1.54) is 7.11 Å². The first-order valence-corrected chi connectivity index (χ1v) is 6.36. The van der Waals surface area contributed by atoms with Crippen LogP contribution in [0.1, 0.15) is 16.8 Å². The van der Waals surface area contributed by atoms with Gasteiger partial charge < -0.3 is 9.47 Å². The van der Waals surface area contributed by atoms with Crippen LogP contribution in [0.4, 0.5) is 0 Å². The molecule has 6 heteroatoms. The molecule has 0 spiro atoms. The molecule has 0 N–H and O–H groups in total. The van der Waals surface area contributed by atoms with Gasteiger partial charge in [-0.1, -0.05) is 0 Å². The Morgan fingerprint density at radius 1 is 1.33 bits per heavy atom. The number of esters is 1. The molecule has 0 saturated heterocycles. The molecule has 1 heterocycles. The van der Waals surface area contributed by atoms with Crippen molar-refractivity contribution in [2.45, 2.75) is 13.0 Å². The van der Waals surface area contributed by atoms with Gasteiger partial charge in [0.25, 0.3) is 0 Å². The number of carbonyl (C=O) groups excluding carboxylic acids is 1. The molecule has 0 bridgehead atoms. The summed E-state index contributed by atoms with van der Waals surface area (Å²) in [7, 11) is 2.91. The van der Waals surface area contributed by atoms with Crippen molar-refractivity contribution in [2.24, 2.45) is 0 Å². The summed E-state index contributed by atoms with van der Waals surface area (Å²) in [5.41, 5.74) is 1.69. The molecule has 0 aliphatic carbocycles. The second-order valence-electron chi connectivity index (χ2n) is 4.28. The number of hydrogen-bond acceptors (Lipinski definition) is 5. The molecule has 1 aromatic carbocycles. The van der Waals surface area contributed by atoms with E-state index < -0.39 is 5.97 Å². The van der Waals surface area contributed by atoms with E-state index in [-0.39, 0.29) is 0 Å². The number of benzene rings is 1.